The molecule has 0 heterocycles. The third kappa shape index (κ3) is 5.63. The van der Waals surface area contributed by atoms with E-state index in [1.807, 2.05) is 13.0 Å². The minimum Gasteiger partial charge on any atom is -0.490 e. The van der Waals surface area contributed by atoms with Crippen LogP contribution in [0.25, 0.3) is 6.08 Å². The number of hydrogen-bond donors (Lipinski definition) is 0. The van der Waals surface area contributed by atoms with Gasteiger partial charge in [0.1, 0.15) is 6.61 Å². The van der Waals surface area contributed by atoms with E-state index in [2.05, 4.69) is 15.9 Å². The zero-order valence-corrected chi connectivity index (χ0v) is 16.3. The monoisotopic (exact) mass is 445 g/mol. The SMILES string of the molecule is CCOc1cc(C=C[N+](=O)[O-])cc(Br)c1OCc1ccc(Cl)c(Cl)c1. The molecule has 0 amide bonds. The van der Waals surface area contributed by atoms with Crippen LogP contribution in [0.2, 0.25) is 10.0 Å². The van der Waals surface area contributed by atoms with Crippen LogP contribution in [0.1, 0.15) is 18.1 Å². The number of hydrogen-bond acceptors (Lipinski definition) is 4. The Balaban J connectivity index is 2.26. The highest BCUT2D eigenvalue weighted by Crippen LogP contribution is 2.38. The van der Waals surface area contributed by atoms with Crippen LogP contribution in [0.4, 0.5) is 0 Å². The standard InChI is InChI=1S/C17H14BrCl2NO4/c1-2-24-16-9-11(5-6-21(22)23)7-13(18)17(16)25-10-12-3-4-14(19)15(20)8-12/h3-9H,2,10H2,1H3. The lowest BCUT2D eigenvalue weighted by atomic mass is 10.2. The Hall–Kier alpha value is -1.76. The van der Waals surface area contributed by atoms with Crippen LogP contribution in [0.5, 0.6) is 11.5 Å². The van der Waals surface area contributed by atoms with Crippen LogP contribution in [0, 0.1) is 10.1 Å². The van der Waals surface area contributed by atoms with Crippen molar-refractivity contribution in [2.45, 2.75) is 13.5 Å². The summed E-state index contributed by atoms with van der Waals surface area (Å²) in [4.78, 5) is 9.95. The summed E-state index contributed by atoms with van der Waals surface area (Å²) < 4.78 is 12.1. The zero-order valence-electron chi connectivity index (χ0n) is 13.2. The third-order valence-corrected chi connectivity index (χ3v) is 4.42. The molecule has 0 unspecified atom stereocenters. The summed E-state index contributed by atoms with van der Waals surface area (Å²) in [6, 6.07) is 8.64. The Morgan fingerprint density at radius 3 is 2.60 bits per heavy atom. The van der Waals surface area contributed by atoms with Crippen LogP contribution in [0.15, 0.2) is 41.0 Å². The fraction of sp³-hybridized carbons (Fsp3) is 0.176. The van der Waals surface area contributed by atoms with Gasteiger partial charge in [0.25, 0.3) is 0 Å². The molecule has 132 valence electrons. The van der Waals surface area contributed by atoms with Gasteiger partial charge in [-0.25, -0.2) is 0 Å². The van der Waals surface area contributed by atoms with Crippen molar-refractivity contribution in [2.75, 3.05) is 6.61 Å². The van der Waals surface area contributed by atoms with Crippen LogP contribution in [-0.2, 0) is 6.61 Å². The number of halogens is 3. The van der Waals surface area contributed by atoms with Gasteiger partial charge in [0.2, 0.25) is 6.20 Å². The summed E-state index contributed by atoms with van der Waals surface area (Å²) in [5.41, 5.74) is 1.47. The molecule has 0 saturated heterocycles. The maximum atomic E-state index is 10.5. The summed E-state index contributed by atoms with van der Waals surface area (Å²) >= 11 is 15.3. The van der Waals surface area contributed by atoms with Crippen molar-refractivity contribution < 1.29 is 14.4 Å². The minimum absolute atomic E-state index is 0.264. The molecule has 2 aromatic rings. The molecule has 8 heteroatoms. The second-order valence-corrected chi connectivity index (χ2v) is 6.57. The lowest BCUT2D eigenvalue weighted by Crippen LogP contribution is -2.01. The fourth-order valence-corrected chi connectivity index (χ4v) is 2.91. The summed E-state index contributed by atoms with van der Waals surface area (Å²) in [5, 5.41) is 11.4. The average molecular weight is 447 g/mol. The molecule has 0 radical (unpaired) electrons. The molecule has 0 atom stereocenters. The molecular formula is C17H14BrCl2NO4. The predicted molar refractivity (Wildman–Crippen MR) is 102 cm³/mol. The van der Waals surface area contributed by atoms with Gasteiger partial charge in [0, 0.05) is 6.08 Å². The first-order valence-corrected chi connectivity index (χ1v) is 8.80. The van der Waals surface area contributed by atoms with Gasteiger partial charge in [-0.15, -0.1) is 0 Å². The number of rotatable bonds is 7. The van der Waals surface area contributed by atoms with Crippen LogP contribution in [-0.4, -0.2) is 11.5 Å². The quantitative estimate of drug-likeness (QED) is 0.387. The molecule has 0 aromatic heterocycles. The molecule has 0 aliphatic carbocycles. The molecular weight excluding hydrogens is 433 g/mol. The van der Waals surface area contributed by atoms with Crippen molar-refractivity contribution in [1.29, 1.82) is 0 Å². The number of nitrogens with zero attached hydrogens (tertiary/aromatic N) is 1. The second-order valence-electron chi connectivity index (χ2n) is 4.90. The molecule has 0 aliphatic rings. The molecule has 25 heavy (non-hydrogen) atoms. The molecule has 0 spiro atoms. The van der Waals surface area contributed by atoms with Gasteiger partial charge in [0.15, 0.2) is 11.5 Å². The van der Waals surface area contributed by atoms with Crippen molar-refractivity contribution in [3.05, 3.63) is 72.3 Å². The van der Waals surface area contributed by atoms with E-state index in [9.17, 15) is 10.1 Å². The first-order valence-electron chi connectivity index (χ1n) is 7.25. The number of ether oxygens (including phenoxy) is 2. The van der Waals surface area contributed by atoms with Crippen LogP contribution in [0.3, 0.4) is 0 Å². The normalized spacial score (nSPS) is 10.9. The summed E-state index contributed by atoms with van der Waals surface area (Å²) in [5.74, 6) is 0.992. The Kier molecular flexibility index (Phi) is 7.11. The first kappa shape index (κ1) is 19.6. The summed E-state index contributed by atoms with van der Waals surface area (Å²) in [7, 11) is 0. The molecule has 0 aliphatic heterocycles. The summed E-state index contributed by atoms with van der Waals surface area (Å²) in [6.45, 7) is 2.54. The Morgan fingerprint density at radius 1 is 1.20 bits per heavy atom. The van der Waals surface area contributed by atoms with Gasteiger partial charge in [-0.2, -0.15) is 0 Å². The van der Waals surface area contributed by atoms with E-state index >= 15 is 0 Å². The minimum atomic E-state index is -0.525. The van der Waals surface area contributed by atoms with Gasteiger partial charge in [-0.3, -0.25) is 10.1 Å². The van der Waals surface area contributed by atoms with Gasteiger partial charge < -0.3 is 9.47 Å². The molecule has 2 aromatic carbocycles. The van der Waals surface area contributed by atoms with E-state index in [1.54, 1.807) is 24.3 Å². The highest BCUT2D eigenvalue weighted by Gasteiger charge is 2.13. The lowest BCUT2D eigenvalue weighted by molar-refractivity contribution is -0.400. The Bertz CT molecular complexity index is 811. The van der Waals surface area contributed by atoms with E-state index in [-0.39, 0.29) is 6.61 Å². The Labute approximate surface area is 163 Å². The molecule has 0 fully saturated rings. The van der Waals surface area contributed by atoms with Crippen molar-refractivity contribution in [3.8, 4) is 11.5 Å². The van der Waals surface area contributed by atoms with Crippen molar-refractivity contribution >= 4 is 45.2 Å². The van der Waals surface area contributed by atoms with Crippen LogP contribution < -0.4 is 9.47 Å². The maximum Gasteiger partial charge on any atom is 0.235 e. The number of benzene rings is 2. The maximum absolute atomic E-state index is 10.5. The van der Waals surface area contributed by atoms with E-state index in [4.69, 9.17) is 32.7 Å². The fourth-order valence-electron chi connectivity index (χ4n) is 2.02. The highest BCUT2D eigenvalue weighted by molar-refractivity contribution is 9.10. The lowest BCUT2D eigenvalue weighted by Gasteiger charge is -2.15. The topological polar surface area (TPSA) is 61.6 Å². The van der Waals surface area contributed by atoms with Crippen molar-refractivity contribution in [3.63, 3.8) is 0 Å². The average Bonchev–Trinajstić information content (AvgIpc) is 2.55. The Morgan fingerprint density at radius 2 is 1.96 bits per heavy atom. The summed E-state index contributed by atoms with van der Waals surface area (Å²) in [6.07, 6.45) is 2.25. The molecule has 5 nitrogen and oxygen atoms in total. The second kappa shape index (κ2) is 9.08. The molecule has 0 N–H and O–H groups in total. The van der Waals surface area contributed by atoms with E-state index < -0.39 is 4.92 Å². The predicted octanol–water partition coefficient (Wildman–Crippen LogP) is 5.98. The van der Waals surface area contributed by atoms with E-state index in [0.29, 0.717) is 38.2 Å². The zero-order chi connectivity index (χ0) is 18.4. The molecule has 0 bridgehead atoms. The van der Waals surface area contributed by atoms with Gasteiger partial charge in [-0.1, -0.05) is 29.3 Å². The van der Waals surface area contributed by atoms with E-state index in [1.165, 1.54) is 6.08 Å². The molecule has 2 rings (SSSR count). The van der Waals surface area contributed by atoms with Gasteiger partial charge in [-0.05, 0) is 58.2 Å². The van der Waals surface area contributed by atoms with Gasteiger partial charge >= 0.3 is 0 Å². The van der Waals surface area contributed by atoms with Crippen molar-refractivity contribution in [1.82, 2.24) is 0 Å². The first-order chi connectivity index (χ1) is 11.9. The van der Waals surface area contributed by atoms with Crippen molar-refractivity contribution in [2.24, 2.45) is 0 Å². The highest BCUT2D eigenvalue weighted by atomic mass is 79.9. The van der Waals surface area contributed by atoms with E-state index in [0.717, 1.165) is 11.8 Å². The molecule has 0 saturated carbocycles. The van der Waals surface area contributed by atoms with Crippen LogP contribution >= 0.6 is 39.1 Å². The smallest absolute Gasteiger partial charge is 0.235 e. The largest absolute Gasteiger partial charge is 0.490 e. The number of nitro groups is 1. The van der Waals surface area contributed by atoms with Gasteiger partial charge in [0.05, 0.1) is 26.0 Å². The third-order valence-electron chi connectivity index (χ3n) is 3.09.